The molecule has 0 spiro atoms. The van der Waals surface area contributed by atoms with Crippen LogP contribution in [0.1, 0.15) is 13.8 Å². The second-order valence-electron chi connectivity index (χ2n) is 2.88. The third kappa shape index (κ3) is 1.38. The third-order valence-corrected chi connectivity index (χ3v) is 3.36. The van der Waals surface area contributed by atoms with Crippen LogP contribution in [0.15, 0.2) is 0 Å². The van der Waals surface area contributed by atoms with Crippen molar-refractivity contribution >= 4 is 15.9 Å². The fourth-order valence-corrected chi connectivity index (χ4v) is 2.02. The third-order valence-electron chi connectivity index (χ3n) is 1.63. The zero-order valence-corrected chi connectivity index (χ0v) is 7.39. The van der Waals surface area contributed by atoms with Crippen LogP contribution < -0.4 is 0 Å². The van der Waals surface area contributed by atoms with Gasteiger partial charge in [0.05, 0.1) is 12.3 Å². The van der Waals surface area contributed by atoms with Crippen LogP contribution in [0.5, 0.6) is 0 Å². The number of hydrogen-bond donors (Lipinski definition) is 0. The van der Waals surface area contributed by atoms with Gasteiger partial charge >= 0.3 is 0 Å². The van der Waals surface area contributed by atoms with E-state index in [0.717, 1.165) is 4.31 Å². The molecule has 64 valence electrons. The molecule has 0 aromatic heterocycles. The van der Waals surface area contributed by atoms with E-state index in [-0.39, 0.29) is 17.6 Å². The van der Waals surface area contributed by atoms with Gasteiger partial charge in [-0.2, -0.15) is 0 Å². The summed E-state index contributed by atoms with van der Waals surface area (Å²) in [6.07, 6.45) is 0. The number of amides is 1. The standard InChI is InChI=1S/C6H11NO3S/c1-5(2)6(8)7-3-4-11(7,9)10/h5H,3-4H2,1-2H3. The fraction of sp³-hybridized carbons (Fsp3) is 0.833. The highest BCUT2D eigenvalue weighted by atomic mass is 32.2. The average molecular weight is 177 g/mol. The van der Waals surface area contributed by atoms with Crippen LogP contribution in [-0.2, 0) is 14.8 Å². The van der Waals surface area contributed by atoms with Crippen LogP contribution in [0.4, 0.5) is 0 Å². The van der Waals surface area contributed by atoms with E-state index in [2.05, 4.69) is 0 Å². The van der Waals surface area contributed by atoms with Gasteiger partial charge in [0.25, 0.3) is 0 Å². The number of rotatable bonds is 1. The van der Waals surface area contributed by atoms with Gasteiger partial charge < -0.3 is 0 Å². The Hall–Kier alpha value is -0.580. The van der Waals surface area contributed by atoms with E-state index < -0.39 is 10.0 Å². The van der Waals surface area contributed by atoms with Gasteiger partial charge in [0.2, 0.25) is 15.9 Å². The molecule has 0 aromatic rings. The Bertz CT molecular complexity index is 268. The molecule has 4 nitrogen and oxygen atoms in total. The van der Waals surface area contributed by atoms with Crippen molar-refractivity contribution in [2.75, 3.05) is 12.3 Å². The molecule has 1 saturated heterocycles. The minimum absolute atomic E-state index is 0.117. The zero-order valence-electron chi connectivity index (χ0n) is 6.57. The van der Waals surface area contributed by atoms with E-state index in [1.165, 1.54) is 0 Å². The molecule has 0 atom stereocenters. The Labute approximate surface area is 66.2 Å². The average Bonchev–Trinajstić information content (AvgIpc) is 1.85. The first-order valence-electron chi connectivity index (χ1n) is 3.49. The van der Waals surface area contributed by atoms with Gasteiger partial charge in [0.15, 0.2) is 0 Å². The Morgan fingerprint density at radius 2 is 2.00 bits per heavy atom. The lowest BCUT2D eigenvalue weighted by molar-refractivity contribution is -0.130. The van der Waals surface area contributed by atoms with Crippen molar-refractivity contribution in [2.45, 2.75) is 13.8 Å². The highest BCUT2D eigenvalue weighted by Crippen LogP contribution is 2.16. The van der Waals surface area contributed by atoms with E-state index in [9.17, 15) is 13.2 Å². The second-order valence-corrected chi connectivity index (χ2v) is 4.89. The van der Waals surface area contributed by atoms with E-state index in [1.807, 2.05) is 0 Å². The summed E-state index contributed by atoms with van der Waals surface area (Å²) in [6.45, 7) is 3.74. The molecule has 0 bridgehead atoms. The van der Waals surface area contributed by atoms with Crippen molar-refractivity contribution in [3.8, 4) is 0 Å². The Morgan fingerprint density at radius 3 is 2.09 bits per heavy atom. The number of carbonyl (C=O) groups is 1. The molecule has 0 aliphatic carbocycles. The van der Waals surface area contributed by atoms with Crippen LogP contribution in [0.2, 0.25) is 0 Å². The van der Waals surface area contributed by atoms with Gasteiger partial charge in [-0.25, -0.2) is 12.7 Å². The maximum absolute atomic E-state index is 11.1. The van der Waals surface area contributed by atoms with Crippen molar-refractivity contribution in [3.63, 3.8) is 0 Å². The lowest BCUT2D eigenvalue weighted by Gasteiger charge is -2.31. The van der Waals surface area contributed by atoms with Gasteiger partial charge in [-0.05, 0) is 0 Å². The van der Waals surface area contributed by atoms with E-state index in [1.54, 1.807) is 13.8 Å². The largest absolute Gasteiger partial charge is 0.274 e. The van der Waals surface area contributed by atoms with E-state index >= 15 is 0 Å². The molecular weight excluding hydrogens is 166 g/mol. The molecule has 1 amide bonds. The Morgan fingerprint density at radius 1 is 1.45 bits per heavy atom. The van der Waals surface area contributed by atoms with Gasteiger partial charge in [-0.1, -0.05) is 13.8 Å². The molecule has 11 heavy (non-hydrogen) atoms. The van der Waals surface area contributed by atoms with Crippen molar-refractivity contribution < 1.29 is 13.2 Å². The first kappa shape index (κ1) is 8.52. The molecule has 0 unspecified atom stereocenters. The summed E-state index contributed by atoms with van der Waals surface area (Å²) < 4.78 is 22.7. The van der Waals surface area contributed by atoms with Gasteiger partial charge in [-0.15, -0.1) is 0 Å². The lowest BCUT2D eigenvalue weighted by atomic mass is 10.2. The Balaban J connectivity index is 2.72. The van der Waals surface area contributed by atoms with Crippen molar-refractivity contribution in [1.82, 2.24) is 4.31 Å². The van der Waals surface area contributed by atoms with Crippen molar-refractivity contribution in [1.29, 1.82) is 0 Å². The summed E-state index contributed by atoms with van der Waals surface area (Å²) in [5.74, 6) is -0.410. The SMILES string of the molecule is CC(C)C(=O)N1CCS1(=O)=O. The van der Waals surface area contributed by atoms with Crippen LogP contribution in [0, 0.1) is 5.92 Å². The maximum Gasteiger partial charge on any atom is 0.239 e. The summed E-state index contributed by atoms with van der Waals surface area (Å²) in [5.41, 5.74) is 0. The van der Waals surface area contributed by atoms with Gasteiger partial charge in [0.1, 0.15) is 0 Å². The maximum atomic E-state index is 11.1. The zero-order chi connectivity index (χ0) is 8.65. The highest BCUT2D eigenvalue weighted by Gasteiger charge is 2.37. The van der Waals surface area contributed by atoms with Crippen molar-refractivity contribution in [2.24, 2.45) is 5.92 Å². The Kier molecular flexibility index (Phi) is 1.92. The number of carbonyl (C=O) groups excluding carboxylic acids is 1. The fourth-order valence-electron chi connectivity index (χ4n) is 0.867. The van der Waals surface area contributed by atoms with Crippen LogP contribution in [0.25, 0.3) is 0 Å². The molecule has 0 saturated carbocycles. The molecular formula is C6H11NO3S. The smallest absolute Gasteiger partial charge is 0.239 e. The summed E-state index contributed by atoms with van der Waals surface area (Å²) in [7, 11) is -3.18. The van der Waals surface area contributed by atoms with Crippen LogP contribution in [-0.4, -0.2) is 30.9 Å². The summed E-state index contributed by atoms with van der Waals surface area (Å²) in [5, 5.41) is 0. The first-order chi connectivity index (χ1) is 4.95. The molecule has 0 aromatic carbocycles. The minimum atomic E-state index is -3.18. The lowest BCUT2D eigenvalue weighted by Crippen LogP contribution is -2.52. The summed E-state index contributed by atoms with van der Waals surface area (Å²) >= 11 is 0. The molecule has 1 aliphatic rings. The molecule has 1 fully saturated rings. The number of nitrogens with zero attached hydrogens (tertiary/aromatic N) is 1. The molecule has 1 aliphatic heterocycles. The predicted octanol–water partition coefficient (Wildman–Crippen LogP) is -0.186. The summed E-state index contributed by atoms with van der Waals surface area (Å²) in [6, 6.07) is 0. The second kappa shape index (κ2) is 2.48. The topological polar surface area (TPSA) is 54.5 Å². The molecule has 0 N–H and O–H groups in total. The summed E-state index contributed by atoms with van der Waals surface area (Å²) in [4.78, 5) is 11.1. The van der Waals surface area contributed by atoms with Crippen molar-refractivity contribution in [3.05, 3.63) is 0 Å². The predicted molar refractivity (Wildman–Crippen MR) is 40.3 cm³/mol. The van der Waals surface area contributed by atoms with Crippen LogP contribution >= 0.6 is 0 Å². The molecule has 1 heterocycles. The van der Waals surface area contributed by atoms with E-state index in [4.69, 9.17) is 0 Å². The van der Waals surface area contributed by atoms with Gasteiger partial charge in [0, 0.05) is 5.92 Å². The van der Waals surface area contributed by atoms with Crippen LogP contribution in [0.3, 0.4) is 0 Å². The van der Waals surface area contributed by atoms with Gasteiger partial charge in [-0.3, -0.25) is 4.79 Å². The number of sulfonamides is 1. The quantitative estimate of drug-likeness (QED) is 0.558. The highest BCUT2D eigenvalue weighted by molar-refractivity contribution is 7.90. The minimum Gasteiger partial charge on any atom is -0.274 e. The normalized spacial score (nSPS) is 21.5. The first-order valence-corrected chi connectivity index (χ1v) is 5.10. The molecule has 0 radical (unpaired) electrons. The molecule has 1 rings (SSSR count). The molecule has 5 heteroatoms. The van der Waals surface area contributed by atoms with E-state index in [0.29, 0.717) is 6.54 Å². The monoisotopic (exact) mass is 177 g/mol. The number of hydrogen-bond acceptors (Lipinski definition) is 3.